The van der Waals surface area contributed by atoms with Gasteiger partial charge in [-0.3, -0.25) is 14.9 Å². The molecule has 0 heterocycles. The van der Waals surface area contributed by atoms with Crippen LogP contribution >= 0.6 is 0 Å². The number of ether oxygens (including phenoxy) is 2. The van der Waals surface area contributed by atoms with Crippen molar-refractivity contribution < 1.29 is 19.2 Å². The van der Waals surface area contributed by atoms with Crippen molar-refractivity contribution in [2.45, 2.75) is 33.1 Å². The highest BCUT2D eigenvalue weighted by Gasteiger charge is 2.21. The number of rotatable bonds is 9. The highest BCUT2D eigenvalue weighted by atomic mass is 16.6. The minimum atomic E-state index is -0.557. The van der Waals surface area contributed by atoms with Gasteiger partial charge in [-0.1, -0.05) is 13.3 Å². The minimum absolute atomic E-state index is 0.0565. The molecule has 126 valence electrons. The Morgan fingerprint density at radius 3 is 2.74 bits per heavy atom. The molecule has 0 atom stereocenters. The van der Waals surface area contributed by atoms with E-state index in [0.29, 0.717) is 18.6 Å². The Hall–Kier alpha value is -2.64. The van der Waals surface area contributed by atoms with Crippen LogP contribution in [0.15, 0.2) is 17.2 Å². The van der Waals surface area contributed by atoms with Gasteiger partial charge in [0.25, 0.3) is 0 Å². The number of nitro groups is 1. The number of benzene rings is 1. The summed E-state index contributed by atoms with van der Waals surface area (Å²) in [5.41, 5.74) is 2.59. The second-order valence-corrected chi connectivity index (χ2v) is 4.66. The smallest absolute Gasteiger partial charge is 0.315 e. The maximum absolute atomic E-state index is 11.5. The quantitative estimate of drug-likeness (QED) is 0.427. The maximum Gasteiger partial charge on any atom is 0.315 e. The first-order valence-corrected chi connectivity index (χ1v) is 7.34. The summed E-state index contributed by atoms with van der Waals surface area (Å²) in [6.07, 6.45) is 3.42. The van der Waals surface area contributed by atoms with E-state index in [2.05, 4.69) is 10.5 Å². The van der Waals surface area contributed by atoms with E-state index < -0.39 is 4.92 Å². The second-order valence-electron chi connectivity index (χ2n) is 4.66. The van der Waals surface area contributed by atoms with E-state index in [9.17, 15) is 14.9 Å². The highest BCUT2D eigenvalue weighted by molar-refractivity contribution is 5.85. The summed E-state index contributed by atoms with van der Waals surface area (Å²) < 4.78 is 10.4. The van der Waals surface area contributed by atoms with Gasteiger partial charge in [-0.05, 0) is 19.4 Å². The summed E-state index contributed by atoms with van der Waals surface area (Å²) in [7, 11) is 1.34. The molecule has 1 aromatic rings. The van der Waals surface area contributed by atoms with Crippen LogP contribution in [0, 0.1) is 10.1 Å². The van der Waals surface area contributed by atoms with Gasteiger partial charge in [-0.15, -0.1) is 0 Å². The lowest BCUT2D eigenvalue weighted by Gasteiger charge is -2.10. The Kier molecular flexibility index (Phi) is 7.52. The lowest BCUT2D eigenvalue weighted by atomic mass is 10.2. The SMILES string of the molecule is CCCCC(=O)N/N=C/c1cc(OCC)c(OC)c([N+](=O)[O-])c1. The molecule has 1 N–H and O–H groups in total. The fourth-order valence-electron chi connectivity index (χ4n) is 1.86. The third-order valence-corrected chi connectivity index (χ3v) is 2.92. The summed E-state index contributed by atoms with van der Waals surface area (Å²) >= 11 is 0. The third-order valence-electron chi connectivity index (χ3n) is 2.92. The Balaban J connectivity index is 2.98. The van der Waals surface area contributed by atoms with Gasteiger partial charge in [0.1, 0.15) is 0 Å². The number of nitro benzene ring substituents is 1. The largest absolute Gasteiger partial charge is 0.490 e. The van der Waals surface area contributed by atoms with Gasteiger partial charge in [-0.2, -0.15) is 5.10 Å². The molecule has 0 bridgehead atoms. The molecule has 0 unspecified atom stereocenters. The third kappa shape index (κ3) is 5.57. The van der Waals surface area contributed by atoms with Gasteiger partial charge in [0.05, 0.1) is 24.9 Å². The normalized spacial score (nSPS) is 10.6. The Labute approximate surface area is 134 Å². The number of hydrazone groups is 1. The summed E-state index contributed by atoms with van der Waals surface area (Å²) in [5.74, 6) is 0.111. The molecule has 0 aromatic heterocycles. The number of carbonyl (C=O) groups excluding carboxylic acids is 1. The molecule has 0 spiro atoms. The zero-order valence-electron chi connectivity index (χ0n) is 13.5. The Morgan fingerprint density at radius 2 is 2.17 bits per heavy atom. The molecule has 0 aliphatic heterocycles. The van der Waals surface area contributed by atoms with Gasteiger partial charge in [0, 0.05) is 18.1 Å². The first kappa shape index (κ1) is 18.4. The number of carbonyl (C=O) groups is 1. The average molecular weight is 323 g/mol. The van der Waals surface area contributed by atoms with Crippen molar-refractivity contribution in [2.24, 2.45) is 5.10 Å². The fraction of sp³-hybridized carbons (Fsp3) is 0.467. The van der Waals surface area contributed by atoms with Crippen LogP contribution in [-0.4, -0.2) is 30.8 Å². The van der Waals surface area contributed by atoms with Crippen molar-refractivity contribution in [1.82, 2.24) is 5.43 Å². The Morgan fingerprint density at radius 1 is 1.43 bits per heavy atom. The number of unbranched alkanes of at least 4 members (excludes halogenated alkanes) is 1. The molecule has 0 aliphatic rings. The number of amides is 1. The molecular formula is C15H21N3O5. The molecule has 1 amide bonds. The first-order valence-electron chi connectivity index (χ1n) is 7.34. The molecule has 8 nitrogen and oxygen atoms in total. The van der Waals surface area contributed by atoms with E-state index in [4.69, 9.17) is 9.47 Å². The zero-order valence-corrected chi connectivity index (χ0v) is 13.5. The van der Waals surface area contributed by atoms with Crippen LogP contribution in [0.25, 0.3) is 0 Å². The van der Waals surface area contributed by atoms with E-state index >= 15 is 0 Å². The van der Waals surface area contributed by atoms with Crippen LogP contribution in [-0.2, 0) is 4.79 Å². The standard InChI is InChI=1S/C15H21N3O5/c1-4-6-7-14(19)17-16-10-11-8-12(18(20)21)15(22-3)13(9-11)23-5-2/h8-10H,4-7H2,1-3H3,(H,17,19)/b16-10+. The molecule has 0 aliphatic carbocycles. The van der Waals surface area contributed by atoms with Crippen LogP contribution in [0.4, 0.5) is 5.69 Å². The van der Waals surface area contributed by atoms with E-state index in [1.807, 2.05) is 6.92 Å². The fourth-order valence-corrected chi connectivity index (χ4v) is 1.86. The predicted molar refractivity (Wildman–Crippen MR) is 86.1 cm³/mol. The number of nitrogens with zero attached hydrogens (tertiary/aromatic N) is 2. The van der Waals surface area contributed by atoms with Crippen molar-refractivity contribution in [3.8, 4) is 11.5 Å². The minimum Gasteiger partial charge on any atom is -0.490 e. The summed E-state index contributed by atoms with van der Waals surface area (Å²) in [6.45, 7) is 4.09. The highest BCUT2D eigenvalue weighted by Crippen LogP contribution is 2.37. The zero-order chi connectivity index (χ0) is 17.2. The number of methoxy groups -OCH3 is 1. The molecule has 1 aromatic carbocycles. The number of hydrogen-bond acceptors (Lipinski definition) is 6. The predicted octanol–water partition coefficient (Wildman–Crippen LogP) is 2.64. The van der Waals surface area contributed by atoms with Gasteiger partial charge < -0.3 is 9.47 Å². The van der Waals surface area contributed by atoms with Crippen LogP contribution < -0.4 is 14.9 Å². The topological polar surface area (TPSA) is 103 Å². The summed E-state index contributed by atoms with van der Waals surface area (Å²) in [6, 6.07) is 2.88. The second kappa shape index (κ2) is 9.39. The molecule has 0 saturated heterocycles. The van der Waals surface area contributed by atoms with Crippen molar-refractivity contribution >= 4 is 17.8 Å². The summed E-state index contributed by atoms with van der Waals surface area (Å²) in [4.78, 5) is 22.0. The van der Waals surface area contributed by atoms with Crippen molar-refractivity contribution in [3.63, 3.8) is 0 Å². The van der Waals surface area contributed by atoms with Crippen molar-refractivity contribution in [2.75, 3.05) is 13.7 Å². The molecule has 0 radical (unpaired) electrons. The lowest BCUT2D eigenvalue weighted by Crippen LogP contribution is -2.16. The van der Waals surface area contributed by atoms with Gasteiger partial charge >= 0.3 is 5.69 Å². The average Bonchev–Trinajstić information content (AvgIpc) is 2.52. The molecule has 8 heteroatoms. The van der Waals surface area contributed by atoms with Crippen LogP contribution in [0.5, 0.6) is 11.5 Å². The number of nitrogens with one attached hydrogen (secondary N) is 1. The molecule has 0 saturated carbocycles. The monoisotopic (exact) mass is 323 g/mol. The first-order chi connectivity index (χ1) is 11.0. The maximum atomic E-state index is 11.5. The van der Waals surface area contributed by atoms with E-state index in [1.165, 1.54) is 19.4 Å². The van der Waals surface area contributed by atoms with E-state index in [-0.39, 0.29) is 23.1 Å². The van der Waals surface area contributed by atoms with E-state index in [0.717, 1.165) is 12.8 Å². The molecule has 1 rings (SSSR count). The van der Waals surface area contributed by atoms with Gasteiger partial charge in [-0.25, -0.2) is 5.43 Å². The molecule has 23 heavy (non-hydrogen) atoms. The van der Waals surface area contributed by atoms with Gasteiger partial charge in [0.15, 0.2) is 5.75 Å². The van der Waals surface area contributed by atoms with Gasteiger partial charge in [0.2, 0.25) is 11.7 Å². The van der Waals surface area contributed by atoms with E-state index in [1.54, 1.807) is 13.0 Å². The van der Waals surface area contributed by atoms with Crippen LogP contribution in [0.2, 0.25) is 0 Å². The van der Waals surface area contributed by atoms with Crippen molar-refractivity contribution in [3.05, 3.63) is 27.8 Å². The molecular weight excluding hydrogens is 302 g/mol. The molecule has 0 fully saturated rings. The van der Waals surface area contributed by atoms with Crippen LogP contribution in [0.3, 0.4) is 0 Å². The Bertz CT molecular complexity index is 587. The number of hydrogen-bond donors (Lipinski definition) is 1. The lowest BCUT2D eigenvalue weighted by molar-refractivity contribution is -0.385. The van der Waals surface area contributed by atoms with Crippen LogP contribution in [0.1, 0.15) is 38.7 Å². The van der Waals surface area contributed by atoms with Crippen molar-refractivity contribution in [1.29, 1.82) is 0 Å². The summed E-state index contributed by atoms with van der Waals surface area (Å²) in [5, 5.41) is 15.0.